The zero-order valence-electron chi connectivity index (χ0n) is 15.1. The largest absolute Gasteiger partial charge is 0.489 e. The predicted molar refractivity (Wildman–Crippen MR) is 94.9 cm³/mol. The van der Waals surface area contributed by atoms with Gasteiger partial charge in [0.15, 0.2) is 0 Å². The lowest BCUT2D eigenvalue weighted by molar-refractivity contribution is 0.0275. The molecule has 1 fully saturated rings. The number of carbonyl (C=O) groups excluding carboxylic acids is 1. The van der Waals surface area contributed by atoms with Gasteiger partial charge >= 0.3 is 6.09 Å². The standard InChI is InChI=1S/C18H28N2O5/c1-18(2,3)25-17(23)20-9-8-16(11-20)24-15-6-4-13(5-7-15)19-10-14(22)12-21/h4-7,14,16,19,21-22H,8-12H2,1-3H3. The van der Waals surface area contributed by atoms with Crippen LogP contribution in [0.1, 0.15) is 27.2 Å². The second kappa shape index (κ2) is 8.40. The molecule has 1 aromatic carbocycles. The molecule has 1 amide bonds. The number of rotatable bonds is 6. The van der Waals surface area contributed by atoms with Crippen LogP contribution in [0.15, 0.2) is 24.3 Å². The Morgan fingerprint density at radius 1 is 1.36 bits per heavy atom. The van der Waals surface area contributed by atoms with E-state index in [2.05, 4.69) is 5.32 Å². The minimum absolute atomic E-state index is 0.0532. The average molecular weight is 352 g/mol. The van der Waals surface area contributed by atoms with Crippen LogP contribution in [0.5, 0.6) is 5.75 Å². The molecule has 0 saturated carbocycles. The molecule has 2 unspecified atom stereocenters. The number of amides is 1. The lowest BCUT2D eigenvalue weighted by Gasteiger charge is -2.24. The summed E-state index contributed by atoms with van der Waals surface area (Å²) in [6, 6.07) is 7.37. The SMILES string of the molecule is CC(C)(C)OC(=O)N1CCC(Oc2ccc(NCC(O)CO)cc2)C1. The van der Waals surface area contributed by atoms with Gasteiger partial charge in [0, 0.05) is 25.2 Å². The van der Waals surface area contributed by atoms with Crippen LogP contribution in [0.2, 0.25) is 0 Å². The third-order valence-corrected chi connectivity index (χ3v) is 3.71. The van der Waals surface area contributed by atoms with E-state index in [0.29, 0.717) is 13.1 Å². The molecular weight excluding hydrogens is 324 g/mol. The first-order valence-corrected chi connectivity index (χ1v) is 8.54. The fourth-order valence-electron chi connectivity index (χ4n) is 2.46. The number of aliphatic hydroxyl groups excluding tert-OH is 2. The summed E-state index contributed by atoms with van der Waals surface area (Å²) < 4.78 is 11.3. The summed E-state index contributed by atoms with van der Waals surface area (Å²) in [5.41, 5.74) is 0.337. The topological polar surface area (TPSA) is 91.3 Å². The Balaban J connectivity index is 1.80. The molecule has 2 atom stereocenters. The summed E-state index contributed by atoms with van der Waals surface area (Å²) in [4.78, 5) is 13.7. The molecule has 25 heavy (non-hydrogen) atoms. The third kappa shape index (κ3) is 6.43. The third-order valence-electron chi connectivity index (χ3n) is 3.71. The van der Waals surface area contributed by atoms with Crippen molar-refractivity contribution < 1.29 is 24.5 Å². The lowest BCUT2D eigenvalue weighted by Crippen LogP contribution is -2.36. The molecule has 140 valence electrons. The minimum Gasteiger partial charge on any atom is -0.489 e. The molecule has 0 spiro atoms. The van der Waals surface area contributed by atoms with Gasteiger partial charge in [0.05, 0.1) is 19.3 Å². The van der Waals surface area contributed by atoms with Crippen LogP contribution in [0.3, 0.4) is 0 Å². The summed E-state index contributed by atoms with van der Waals surface area (Å²) >= 11 is 0. The number of hydrogen-bond acceptors (Lipinski definition) is 6. The fraction of sp³-hybridized carbons (Fsp3) is 0.611. The maximum Gasteiger partial charge on any atom is 0.410 e. The zero-order valence-corrected chi connectivity index (χ0v) is 15.1. The number of carbonyl (C=O) groups is 1. The molecular formula is C18H28N2O5. The van der Waals surface area contributed by atoms with Gasteiger partial charge in [-0.25, -0.2) is 4.79 Å². The van der Waals surface area contributed by atoms with Crippen molar-refractivity contribution in [1.29, 1.82) is 0 Å². The van der Waals surface area contributed by atoms with Crippen molar-refractivity contribution in [1.82, 2.24) is 4.90 Å². The predicted octanol–water partition coefficient (Wildman–Crippen LogP) is 1.84. The summed E-state index contributed by atoms with van der Waals surface area (Å²) in [5.74, 6) is 0.726. The van der Waals surface area contributed by atoms with E-state index in [1.165, 1.54) is 0 Å². The second-order valence-corrected chi connectivity index (χ2v) is 7.20. The van der Waals surface area contributed by atoms with E-state index in [1.807, 2.05) is 45.0 Å². The first kappa shape index (κ1) is 19.3. The van der Waals surface area contributed by atoms with Crippen LogP contribution in [0.4, 0.5) is 10.5 Å². The van der Waals surface area contributed by atoms with E-state index in [9.17, 15) is 9.90 Å². The van der Waals surface area contributed by atoms with Crippen LogP contribution < -0.4 is 10.1 Å². The summed E-state index contributed by atoms with van der Waals surface area (Å²) in [7, 11) is 0. The molecule has 1 aliphatic heterocycles. The molecule has 2 rings (SSSR count). The highest BCUT2D eigenvalue weighted by Gasteiger charge is 2.30. The van der Waals surface area contributed by atoms with E-state index >= 15 is 0 Å². The first-order chi connectivity index (χ1) is 11.8. The van der Waals surface area contributed by atoms with Gasteiger partial charge in [-0.05, 0) is 45.0 Å². The number of ether oxygens (including phenoxy) is 2. The van der Waals surface area contributed by atoms with E-state index in [1.54, 1.807) is 4.90 Å². The first-order valence-electron chi connectivity index (χ1n) is 8.54. The van der Waals surface area contributed by atoms with Crippen molar-refractivity contribution in [3.05, 3.63) is 24.3 Å². The van der Waals surface area contributed by atoms with Gasteiger partial charge in [-0.3, -0.25) is 0 Å². The van der Waals surface area contributed by atoms with Crippen LogP contribution in [0, 0.1) is 0 Å². The Morgan fingerprint density at radius 2 is 2.04 bits per heavy atom. The van der Waals surface area contributed by atoms with Gasteiger partial charge < -0.3 is 29.9 Å². The van der Waals surface area contributed by atoms with Crippen molar-refractivity contribution >= 4 is 11.8 Å². The van der Waals surface area contributed by atoms with E-state index in [-0.39, 0.29) is 25.3 Å². The van der Waals surface area contributed by atoms with Gasteiger partial charge in [-0.15, -0.1) is 0 Å². The van der Waals surface area contributed by atoms with Crippen LogP contribution in [-0.2, 0) is 4.74 Å². The Bertz CT molecular complexity index is 556. The molecule has 7 nitrogen and oxygen atoms in total. The molecule has 1 heterocycles. The molecule has 1 aromatic rings. The van der Waals surface area contributed by atoms with Crippen molar-refractivity contribution in [2.24, 2.45) is 0 Å². The van der Waals surface area contributed by atoms with E-state index in [0.717, 1.165) is 17.9 Å². The number of nitrogens with zero attached hydrogens (tertiary/aromatic N) is 1. The lowest BCUT2D eigenvalue weighted by atomic mass is 10.2. The highest BCUT2D eigenvalue weighted by molar-refractivity contribution is 5.68. The zero-order chi connectivity index (χ0) is 18.4. The summed E-state index contributed by atoms with van der Waals surface area (Å²) in [5, 5.41) is 21.1. The Kier molecular flexibility index (Phi) is 6.50. The number of aliphatic hydroxyl groups is 2. The molecule has 7 heteroatoms. The van der Waals surface area contributed by atoms with Crippen molar-refractivity contribution in [3.63, 3.8) is 0 Å². The quantitative estimate of drug-likeness (QED) is 0.724. The fourth-order valence-corrected chi connectivity index (χ4v) is 2.46. The summed E-state index contributed by atoms with van der Waals surface area (Å²) in [6.07, 6.45) is -0.376. The molecule has 1 saturated heterocycles. The Labute approximate surface area is 148 Å². The van der Waals surface area contributed by atoms with Gasteiger partial charge in [-0.2, -0.15) is 0 Å². The van der Waals surface area contributed by atoms with Crippen molar-refractivity contribution in [3.8, 4) is 5.75 Å². The Hall–Kier alpha value is -1.99. The van der Waals surface area contributed by atoms with Gasteiger partial charge in [0.25, 0.3) is 0 Å². The summed E-state index contributed by atoms with van der Waals surface area (Å²) in [6.45, 7) is 6.70. The molecule has 1 aliphatic rings. The Morgan fingerprint density at radius 3 is 2.64 bits per heavy atom. The van der Waals surface area contributed by atoms with Crippen LogP contribution in [0.25, 0.3) is 0 Å². The van der Waals surface area contributed by atoms with Crippen molar-refractivity contribution in [2.75, 3.05) is 31.6 Å². The molecule has 0 bridgehead atoms. The van der Waals surface area contributed by atoms with Gasteiger partial charge in [0.2, 0.25) is 0 Å². The van der Waals surface area contributed by atoms with E-state index < -0.39 is 11.7 Å². The van der Waals surface area contributed by atoms with Crippen molar-refractivity contribution in [2.45, 2.75) is 45.0 Å². The van der Waals surface area contributed by atoms with Gasteiger partial charge in [0.1, 0.15) is 17.5 Å². The number of likely N-dealkylation sites (tertiary alicyclic amines) is 1. The van der Waals surface area contributed by atoms with Crippen LogP contribution >= 0.6 is 0 Å². The monoisotopic (exact) mass is 352 g/mol. The van der Waals surface area contributed by atoms with Gasteiger partial charge in [-0.1, -0.05) is 0 Å². The van der Waals surface area contributed by atoms with Crippen LogP contribution in [-0.4, -0.2) is 65.3 Å². The molecule has 0 radical (unpaired) electrons. The number of hydrogen-bond donors (Lipinski definition) is 3. The number of benzene rings is 1. The number of anilines is 1. The number of nitrogens with one attached hydrogen (secondary N) is 1. The molecule has 0 aromatic heterocycles. The maximum atomic E-state index is 12.1. The molecule has 0 aliphatic carbocycles. The second-order valence-electron chi connectivity index (χ2n) is 7.20. The average Bonchev–Trinajstić information content (AvgIpc) is 3.01. The van der Waals surface area contributed by atoms with E-state index in [4.69, 9.17) is 14.6 Å². The smallest absolute Gasteiger partial charge is 0.410 e. The highest BCUT2D eigenvalue weighted by atomic mass is 16.6. The minimum atomic E-state index is -0.784. The molecule has 3 N–H and O–H groups in total. The maximum absolute atomic E-state index is 12.1. The highest BCUT2D eigenvalue weighted by Crippen LogP contribution is 2.22. The normalized spacial score (nSPS) is 18.8.